The zero-order chi connectivity index (χ0) is 37.4. The Morgan fingerprint density at radius 2 is 0.830 bits per heavy atom. The molecule has 272 valence electrons. The summed E-state index contributed by atoms with van der Waals surface area (Å²) in [6.45, 7) is 14.0. The van der Waals surface area contributed by atoms with Gasteiger partial charge in [-0.1, -0.05) is 13.3 Å². The molecule has 3 N–H and O–H groups in total. The van der Waals surface area contributed by atoms with Gasteiger partial charge in [-0.3, -0.25) is 13.9 Å². The Labute approximate surface area is 292 Å². The number of carboxylic acid groups (broad SMARTS) is 1. The van der Waals surface area contributed by atoms with E-state index in [4.69, 9.17) is 27.4 Å². The number of halogens is 2. The van der Waals surface area contributed by atoms with Crippen LogP contribution in [0.15, 0.2) is 74.9 Å². The molecular formula is C30H60Cl2N8O6S+4. The lowest BCUT2D eigenvalue weighted by Crippen LogP contribution is -2.23. The molecule has 4 rings (SSSR count). The topological polar surface area (TPSA) is 147 Å². The van der Waals surface area contributed by atoms with Gasteiger partial charge in [0.15, 0.2) is 0 Å². The third-order valence-electron chi connectivity index (χ3n) is 5.16. The number of nitrogens with zero attached hydrogens (tertiary/aromatic N) is 8. The first-order chi connectivity index (χ1) is 22.0. The predicted octanol–water partition coefficient (Wildman–Crippen LogP) is 3.26. The second-order valence-corrected chi connectivity index (χ2v) is 10.3. The summed E-state index contributed by atoms with van der Waals surface area (Å²) >= 11 is 9.28. The van der Waals surface area contributed by atoms with Gasteiger partial charge in [-0.25, -0.2) is 36.5 Å². The number of alkyl halides is 2. The zero-order valence-electron chi connectivity index (χ0n) is 30.0. The van der Waals surface area contributed by atoms with Crippen LogP contribution in [-0.4, -0.2) is 59.6 Å². The molecule has 0 unspecified atom stereocenters. The number of aromatic nitrogens is 8. The van der Waals surface area contributed by atoms with E-state index < -0.39 is 16.4 Å². The summed E-state index contributed by atoms with van der Waals surface area (Å²) in [5, 5.41) is 7.42. The van der Waals surface area contributed by atoms with Crippen LogP contribution < -0.4 is 18.3 Å². The first kappa shape index (κ1) is 50.6. The maximum atomic E-state index is 9.00. The Morgan fingerprint density at radius 3 is 0.957 bits per heavy atom. The van der Waals surface area contributed by atoms with Gasteiger partial charge in [0.25, 0.3) is 5.97 Å². The standard InChI is InChI=1S/C8H15N2.3C6H11N2.C2H4O2.2CH3Cl.H2O4S/c1-3-4-5-10-7-6-9(2)8-10;3*1-3-8-5-4-7(2)6-8;1-2(3)4;2*1-2;1-5(2,3)4/h6-8H,3-5H2,1-2H3;3*4-6H,3H2,1-2H3;1H3,(H,3,4);2*1H3;(H2,1,2,3,4)/q4*+1;;;;. The third kappa shape index (κ3) is 38.9. The summed E-state index contributed by atoms with van der Waals surface area (Å²) in [6, 6.07) is 0. The van der Waals surface area contributed by atoms with E-state index in [0.717, 1.165) is 33.1 Å². The molecule has 0 aromatic carbocycles. The lowest BCUT2D eigenvalue weighted by atomic mass is 10.3. The van der Waals surface area contributed by atoms with Gasteiger partial charge in [0, 0.05) is 19.7 Å². The zero-order valence-corrected chi connectivity index (χ0v) is 32.3. The molecule has 4 heterocycles. The number of carbonyl (C=O) groups is 1. The van der Waals surface area contributed by atoms with Crippen LogP contribution in [-0.2, 0) is 69.6 Å². The Kier molecular flexibility index (Phi) is 35.2. The van der Waals surface area contributed by atoms with Crippen molar-refractivity contribution in [1.82, 2.24) is 18.3 Å². The first-order valence-corrected chi connectivity index (χ1v) is 17.6. The molecule has 47 heavy (non-hydrogen) atoms. The van der Waals surface area contributed by atoms with E-state index in [1.165, 1.54) is 25.6 Å². The highest BCUT2D eigenvalue weighted by Gasteiger charge is 1.97. The summed E-state index contributed by atoms with van der Waals surface area (Å²) in [6.07, 6.45) is 30.2. The van der Waals surface area contributed by atoms with Crippen molar-refractivity contribution < 1.29 is 45.7 Å². The first-order valence-electron chi connectivity index (χ1n) is 14.7. The van der Waals surface area contributed by atoms with E-state index in [2.05, 4.69) is 130 Å². The summed E-state index contributed by atoms with van der Waals surface area (Å²) in [4.78, 5) is 9.00. The number of hydrogen-bond acceptors (Lipinski definition) is 3. The van der Waals surface area contributed by atoms with Crippen molar-refractivity contribution in [3.63, 3.8) is 0 Å². The average Bonchev–Trinajstić information content (AvgIpc) is 3.83. The van der Waals surface area contributed by atoms with Gasteiger partial charge in [-0.05, 0) is 27.2 Å². The van der Waals surface area contributed by atoms with E-state index in [0.29, 0.717) is 0 Å². The second-order valence-electron chi connectivity index (χ2n) is 9.37. The van der Waals surface area contributed by atoms with Crippen LogP contribution >= 0.6 is 23.2 Å². The normalized spacial score (nSPS) is 9.17. The van der Waals surface area contributed by atoms with Crippen LogP contribution in [0.25, 0.3) is 0 Å². The second kappa shape index (κ2) is 32.7. The summed E-state index contributed by atoms with van der Waals surface area (Å²) in [5.74, 6) is -0.833. The van der Waals surface area contributed by atoms with Crippen molar-refractivity contribution >= 4 is 39.6 Å². The average molecular weight is 732 g/mol. The maximum absolute atomic E-state index is 9.00. The lowest BCUT2D eigenvalue weighted by molar-refractivity contribution is -0.671. The highest BCUT2D eigenvalue weighted by atomic mass is 35.5. The van der Waals surface area contributed by atoms with Crippen LogP contribution in [0.3, 0.4) is 0 Å². The molecule has 0 aliphatic heterocycles. The van der Waals surface area contributed by atoms with E-state index in [1.54, 1.807) is 0 Å². The molecule has 0 saturated carbocycles. The number of aryl methyl sites for hydroxylation is 8. The molecule has 0 saturated heterocycles. The van der Waals surface area contributed by atoms with Crippen LogP contribution in [0.1, 0.15) is 47.5 Å². The van der Waals surface area contributed by atoms with Crippen LogP contribution in [0.4, 0.5) is 0 Å². The molecular weight excluding hydrogens is 671 g/mol. The van der Waals surface area contributed by atoms with Gasteiger partial charge in [-0.2, -0.15) is 8.42 Å². The number of imidazole rings is 4. The molecule has 0 fully saturated rings. The van der Waals surface area contributed by atoms with Crippen molar-refractivity contribution in [2.24, 2.45) is 28.2 Å². The summed E-state index contributed by atoms with van der Waals surface area (Å²) in [5.41, 5.74) is 0. The van der Waals surface area contributed by atoms with Crippen molar-refractivity contribution in [3.05, 3.63) is 74.9 Å². The molecule has 0 radical (unpaired) electrons. The molecule has 17 heteroatoms. The van der Waals surface area contributed by atoms with Gasteiger partial charge in [0.05, 0.1) is 54.4 Å². The fraction of sp³-hybridized carbons (Fsp3) is 0.567. The van der Waals surface area contributed by atoms with E-state index in [-0.39, 0.29) is 0 Å². The van der Waals surface area contributed by atoms with E-state index in [9.17, 15) is 0 Å². The molecule has 0 spiro atoms. The SMILES string of the molecule is CC(=O)O.CCCCn1cc[n+](C)c1.CCl.CCl.CCn1cc[n+](C)c1.CCn1cc[n+](C)c1.CCn1cc[n+](C)c1.O=S(=O)(O)O. The highest BCUT2D eigenvalue weighted by molar-refractivity contribution is 7.79. The Morgan fingerprint density at radius 1 is 0.617 bits per heavy atom. The fourth-order valence-electron chi connectivity index (χ4n) is 3.04. The highest BCUT2D eigenvalue weighted by Crippen LogP contribution is 1.91. The Bertz CT molecular complexity index is 1260. The summed E-state index contributed by atoms with van der Waals surface area (Å²) in [7, 11) is 3.44. The number of unbranched alkanes of at least 4 members (excludes halogenated alkanes) is 1. The molecule has 4 aromatic heterocycles. The van der Waals surface area contributed by atoms with Gasteiger partial charge < -0.3 is 5.11 Å². The Balaban J connectivity index is -0.000000235. The predicted molar refractivity (Wildman–Crippen MR) is 185 cm³/mol. The van der Waals surface area contributed by atoms with Gasteiger partial charge in [-0.15, -0.1) is 23.2 Å². The third-order valence-corrected chi connectivity index (χ3v) is 5.16. The van der Waals surface area contributed by atoms with Gasteiger partial charge >= 0.3 is 10.4 Å². The van der Waals surface area contributed by atoms with E-state index in [1.807, 2.05) is 60.5 Å². The quantitative estimate of drug-likeness (QED) is 0.158. The lowest BCUT2D eigenvalue weighted by Gasteiger charge is -1.90. The Hall–Kier alpha value is -3.24. The van der Waals surface area contributed by atoms with Crippen LogP contribution in [0.5, 0.6) is 0 Å². The van der Waals surface area contributed by atoms with Crippen LogP contribution in [0, 0.1) is 0 Å². The fourth-order valence-corrected chi connectivity index (χ4v) is 3.04. The molecule has 0 aliphatic carbocycles. The minimum absolute atomic E-state index is 0.833. The van der Waals surface area contributed by atoms with Gasteiger partial charge in [0.2, 0.25) is 25.3 Å². The van der Waals surface area contributed by atoms with Crippen molar-refractivity contribution in [3.8, 4) is 0 Å². The largest absolute Gasteiger partial charge is 0.481 e. The number of carboxylic acids is 1. The molecule has 0 bridgehead atoms. The minimum atomic E-state index is -4.67. The monoisotopic (exact) mass is 730 g/mol. The molecule has 0 amide bonds. The molecule has 4 aromatic rings. The van der Waals surface area contributed by atoms with Crippen LogP contribution in [0.2, 0.25) is 0 Å². The van der Waals surface area contributed by atoms with E-state index >= 15 is 0 Å². The summed E-state index contributed by atoms with van der Waals surface area (Å²) < 4.78 is 48.3. The molecule has 0 atom stereocenters. The van der Waals surface area contributed by atoms with Crippen molar-refractivity contribution in [1.29, 1.82) is 0 Å². The molecule has 14 nitrogen and oxygen atoms in total. The number of rotatable bonds is 6. The van der Waals surface area contributed by atoms with Crippen molar-refractivity contribution in [2.75, 3.05) is 12.8 Å². The van der Waals surface area contributed by atoms with Crippen molar-refractivity contribution in [2.45, 2.75) is 73.6 Å². The minimum Gasteiger partial charge on any atom is -0.481 e. The smallest absolute Gasteiger partial charge is 0.394 e. The maximum Gasteiger partial charge on any atom is 0.394 e. The van der Waals surface area contributed by atoms with Gasteiger partial charge in [0.1, 0.15) is 49.6 Å². The molecule has 0 aliphatic rings. The number of hydrogen-bond donors (Lipinski definition) is 3. The number of aliphatic carboxylic acids is 1.